The zero-order valence-corrected chi connectivity index (χ0v) is 10.1. The molecule has 0 aliphatic carbocycles. The van der Waals surface area contributed by atoms with E-state index in [2.05, 4.69) is 10.1 Å². The highest BCUT2D eigenvalue weighted by Crippen LogP contribution is 2.16. The molecule has 2 N–H and O–H groups in total. The molecule has 0 spiro atoms. The van der Waals surface area contributed by atoms with Gasteiger partial charge < -0.3 is 14.7 Å². The first kappa shape index (κ1) is 11.9. The lowest BCUT2D eigenvalue weighted by Crippen LogP contribution is -2.18. The van der Waals surface area contributed by atoms with Gasteiger partial charge in [0.15, 0.2) is 5.82 Å². The minimum absolute atomic E-state index is 0.170. The van der Waals surface area contributed by atoms with E-state index in [0.29, 0.717) is 24.1 Å². The number of aryl methyl sites for hydroxylation is 2. The Morgan fingerprint density at radius 1 is 1.35 bits per heavy atom. The van der Waals surface area contributed by atoms with E-state index in [-0.39, 0.29) is 6.04 Å². The molecule has 0 radical (unpaired) electrons. The third kappa shape index (κ3) is 2.94. The summed E-state index contributed by atoms with van der Waals surface area (Å²) in [7, 11) is 0. The Hall–Kier alpha value is -1.62. The smallest absolute Gasteiger partial charge is 0.227 e. The third-order valence-electron chi connectivity index (χ3n) is 2.67. The maximum Gasteiger partial charge on any atom is 0.227 e. The number of nitrogens with two attached hydrogens (primary N) is 1. The molecule has 2 heterocycles. The molecular formula is C12H17N3O2. The summed E-state index contributed by atoms with van der Waals surface area (Å²) < 4.78 is 10.4. The van der Waals surface area contributed by atoms with E-state index in [4.69, 9.17) is 14.7 Å². The number of rotatable bonds is 5. The van der Waals surface area contributed by atoms with Crippen molar-refractivity contribution in [2.45, 2.75) is 32.7 Å². The minimum Gasteiger partial charge on any atom is -0.469 e. The summed E-state index contributed by atoms with van der Waals surface area (Å²) in [5, 5.41) is 3.90. The fraction of sp³-hybridized carbons (Fsp3) is 0.500. The molecule has 1 atom stereocenters. The maximum absolute atomic E-state index is 5.94. The molecule has 0 aliphatic rings. The molecule has 5 nitrogen and oxygen atoms in total. The van der Waals surface area contributed by atoms with Crippen LogP contribution in [0, 0.1) is 5.92 Å². The van der Waals surface area contributed by atoms with E-state index < -0.39 is 0 Å². The zero-order chi connectivity index (χ0) is 12.3. The van der Waals surface area contributed by atoms with Crippen molar-refractivity contribution >= 4 is 0 Å². The van der Waals surface area contributed by atoms with Gasteiger partial charge in [0.25, 0.3) is 0 Å². The lowest BCUT2D eigenvalue weighted by molar-refractivity contribution is 0.359. The highest BCUT2D eigenvalue weighted by atomic mass is 16.5. The first-order chi connectivity index (χ1) is 8.16. The van der Waals surface area contributed by atoms with Crippen LogP contribution in [-0.2, 0) is 12.8 Å². The summed E-state index contributed by atoms with van der Waals surface area (Å²) in [4.78, 5) is 4.29. The van der Waals surface area contributed by atoms with E-state index >= 15 is 0 Å². The van der Waals surface area contributed by atoms with Crippen molar-refractivity contribution in [1.82, 2.24) is 10.1 Å². The molecule has 2 rings (SSSR count). The van der Waals surface area contributed by atoms with Gasteiger partial charge in [-0.2, -0.15) is 4.98 Å². The van der Waals surface area contributed by atoms with Gasteiger partial charge in [-0.15, -0.1) is 0 Å². The van der Waals surface area contributed by atoms with Crippen molar-refractivity contribution in [3.8, 4) is 0 Å². The van der Waals surface area contributed by atoms with Gasteiger partial charge in [0.2, 0.25) is 5.89 Å². The van der Waals surface area contributed by atoms with E-state index in [9.17, 15) is 0 Å². The maximum atomic E-state index is 5.94. The Morgan fingerprint density at radius 2 is 2.18 bits per heavy atom. The van der Waals surface area contributed by atoms with Gasteiger partial charge in [0, 0.05) is 12.8 Å². The molecule has 2 aromatic rings. The number of hydrogen-bond acceptors (Lipinski definition) is 5. The molecule has 1 unspecified atom stereocenters. The quantitative estimate of drug-likeness (QED) is 0.858. The minimum atomic E-state index is -0.170. The Labute approximate surface area is 100.0 Å². The van der Waals surface area contributed by atoms with Crippen LogP contribution in [0.3, 0.4) is 0 Å². The SMILES string of the molecule is CC(C)C(N)c1noc(CCc2ccco2)n1. The lowest BCUT2D eigenvalue weighted by atomic mass is 10.1. The van der Waals surface area contributed by atoms with Crippen LogP contribution < -0.4 is 5.73 Å². The van der Waals surface area contributed by atoms with Crippen LogP contribution in [0.15, 0.2) is 27.3 Å². The molecule has 0 fully saturated rings. The Bertz CT molecular complexity index is 448. The van der Waals surface area contributed by atoms with Crippen molar-refractivity contribution < 1.29 is 8.94 Å². The van der Waals surface area contributed by atoms with Crippen LogP contribution in [0.2, 0.25) is 0 Å². The molecule has 0 bridgehead atoms. The average molecular weight is 235 g/mol. The molecule has 0 amide bonds. The molecule has 2 aromatic heterocycles. The Balaban J connectivity index is 1.94. The van der Waals surface area contributed by atoms with E-state index in [1.54, 1.807) is 6.26 Å². The van der Waals surface area contributed by atoms with Crippen molar-refractivity contribution in [1.29, 1.82) is 0 Å². The largest absolute Gasteiger partial charge is 0.469 e. The van der Waals surface area contributed by atoms with Gasteiger partial charge in [-0.3, -0.25) is 0 Å². The third-order valence-corrected chi connectivity index (χ3v) is 2.67. The van der Waals surface area contributed by atoms with Crippen LogP contribution in [0.1, 0.15) is 37.4 Å². The van der Waals surface area contributed by atoms with E-state index in [1.165, 1.54) is 0 Å². The predicted octanol–water partition coefficient (Wildman–Crippen LogP) is 2.10. The second kappa shape index (κ2) is 5.14. The normalized spacial score (nSPS) is 13.2. The van der Waals surface area contributed by atoms with Crippen molar-refractivity contribution in [3.05, 3.63) is 35.9 Å². The standard InChI is InChI=1S/C12H17N3O2/c1-8(2)11(13)12-14-10(17-15-12)6-5-9-4-3-7-16-9/h3-4,7-8,11H,5-6,13H2,1-2H3. The lowest BCUT2D eigenvalue weighted by Gasteiger charge is -2.09. The fourth-order valence-corrected chi connectivity index (χ4v) is 1.49. The Morgan fingerprint density at radius 3 is 2.82 bits per heavy atom. The van der Waals surface area contributed by atoms with E-state index in [1.807, 2.05) is 26.0 Å². The highest BCUT2D eigenvalue weighted by molar-refractivity contribution is 5.01. The molecule has 0 aliphatic heterocycles. The van der Waals surface area contributed by atoms with Crippen LogP contribution in [0.4, 0.5) is 0 Å². The van der Waals surface area contributed by atoms with Crippen molar-refractivity contribution in [2.75, 3.05) is 0 Å². The summed E-state index contributed by atoms with van der Waals surface area (Å²) in [6.45, 7) is 4.06. The first-order valence-electron chi connectivity index (χ1n) is 5.77. The average Bonchev–Trinajstić information content (AvgIpc) is 2.96. The second-order valence-corrected chi connectivity index (χ2v) is 4.40. The molecular weight excluding hydrogens is 218 g/mol. The molecule has 0 saturated carbocycles. The van der Waals surface area contributed by atoms with Gasteiger partial charge in [0.05, 0.1) is 12.3 Å². The van der Waals surface area contributed by atoms with Gasteiger partial charge in [-0.05, 0) is 18.1 Å². The highest BCUT2D eigenvalue weighted by Gasteiger charge is 2.17. The summed E-state index contributed by atoms with van der Waals surface area (Å²) in [6, 6.07) is 3.62. The second-order valence-electron chi connectivity index (χ2n) is 4.40. The van der Waals surface area contributed by atoms with Crippen molar-refractivity contribution in [3.63, 3.8) is 0 Å². The number of hydrogen-bond donors (Lipinski definition) is 1. The van der Waals surface area contributed by atoms with Gasteiger partial charge in [0.1, 0.15) is 5.76 Å². The van der Waals surface area contributed by atoms with E-state index in [0.717, 1.165) is 12.2 Å². The van der Waals surface area contributed by atoms with Crippen LogP contribution in [-0.4, -0.2) is 10.1 Å². The number of nitrogens with zero attached hydrogens (tertiary/aromatic N) is 2. The first-order valence-corrected chi connectivity index (χ1v) is 5.77. The summed E-state index contributed by atoms with van der Waals surface area (Å²) in [6.07, 6.45) is 3.08. The molecule has 92 valence electrons. The molecule has 5 heteroatoms. The molecule has 17 heavy (non-hydrogen) atoms. The van der Waals surface area contributed by atoms with Gasteiger partial charge >= 0.3 is 0 Å². The summed E-state index contributed by atoms with van der Waals surface area (Å²) >= 11 is 0. The number of furan rings is 1. The van der Waals surface area contributed by atoms with Crippen LogP contribution in [0.5, 0.6) is 0 Å². The Kier molecular flexibility index (Phi) is 3.58. The summed E-state index contributed by atoms with van der Waals surface area (Å²) in [5.41, 5.74) is 5.94. The van der Waals surface area contributed by atoms with Crippen LogP contribution >= 0.6 is 0 Å². The topological polar surface area (TPSA) is 78.1 Å². The monoisotopic (exact) mass is 235 g/mol. The predicted molar refractivity (Wildman–Crippen MR) is 62.2 cm³/mol. The number of aromatic nitrogens is 2. The summed E-state index contributed by atoms with van der Waals surface area (Å²) in [5.74, 6) is 2.39. The zero-order valence-electron chi connectivity index (χ0n) is 10.1. The van der Waals surface area contributed by atoms with Gasteiger partial charge in [-0.1, -0.05) is 19.0 Å². The van der Waals surface area contributed by atoms with Gasteiger partial charge in [-0.25, -0.2) is 0 Å². The molecule has 0 saturated heterocycles. The molecule has 0 aromatic carbocycles. The van der Waals surface area contributed by atoms with Crippen molar-refractivity contribution in [2.24, 2.45) is 11.7 Å². The van der Waals surface area contributed by atoms with Crippen LogP contribution in [0.25, 0.3) is 0 Å². The fourth-order valence-electron chi connectivity index (χ4n) is 1.49.